The van der Waals surface area contributed by atoms with Gasteiger partial charge in [0.25, 0.3) is 0 Å². The summed E-state index contributed by atoms with van der Waals surface area (Å²) in [5.74, 6) is 0. The van der Waals surface area contributed by atoms with E-state index in [1.54, 1.807) is 6.20 Å². The topological polar surface area (TPSA) is 43.1 Å². The third-order valence-electron chi connectivity index (χ3n) is 5.97. The molecule has 0 spiro atoms. The molecule has 2 aromatic carbocycles. The van der Waals surface area contributed by atoms with Gasteiger partial charge in [0.1, 0.15) is 5.65 Å². The molecule has 0 N–H and O–H groups in total. The molecule has 7 rings (SSSR count). The summed E-state index contributed by atoms with van der Waals surface area (Å²) in [7, 11) is 0. The first-order valence-electron chi connectivity index (χ1n) is 9.42. The molecule has 0 atom stereocenters. The predicted octanol–water partition coefficient (Wildman–Crippen LogP) is 5.16. The minimum atomic E-state index is 0.962. The van der Waals surface area contributed by atoms with Crippen molar-refractivity contribution in [1.29, 1.82) is 0 Å². The molecule has 6 aromatic rings. The van der Waals surface area contributed by atoms with E-state index in [-0.39, 0.29) is 0 Å². The van der Waals surface area contributed by atoms with Gasteiger partial charge in [-0.25, -0.2) is 4.98 Å². The second kappa shape index (κ2) is 4.93. The molecule has 0 unspecified atom stereocenters. The Morgan fingerprint density at radius 3 is 2.64 bits per heavy atom. The largest absolute Gasteiger partial charge is 0.290 e. The fourth-order valence-corrected chi connectivity index (χ4v) is 4.81. The molecule has 0 saturated carbocycles. The van der Waals surface area contributed by atoms with Crippen molar-refractivity contribution in [2.75, 3.05) is 0 Å². The highest BCUT2D eigenvalue weighted by atomic mass is 15.0. The summed E-state index contributed by atoms with van der Waals surface area (Å²) in [5.41, 5.74) is 9.47. The quantitative estimate of drug-likeness (QED) is 0.352. The summed E-state index contributed by atoms with van der Waals surface area (Å²) >= 11 is 0. The van der Waals surface area contributed by atoms with Crippen molar-refractivity contribution >= 4 is 38.4 Å². The maximum Gasteiger partial charge on any atom is 0.147 e. The van der Waals surface area contributed by atoms with Crippen molar-refractivity contribution in [3.63, 3.8) is 0 Å². The normalized spacial score (nSPS) is 12.9. The molecule has 4 nitrogen and oxygen atoms in total. The number of pyridine rings is 3. The number of benzene rings is 2. The van der Waals surface area contributed by atoms with E-state index < -0.39 is 0 Å². The van der Waals surface area contributed by atoms with Gasteiger partial charge in [0.05, 0.1) is 22.7 Å². The molecule has 4 aromatic heterocycles. The second-order valence-corrected chi connectivity index (χ2v) is 7.38. The lowest BCUT2D eigenvalue weighted by atomic mass is 9.97. The van der Waals surface area contributed by atoms with Crippen molar-refractivity contribution in [3.05, 3.63) is 84.4 Å². The lowest BCUT2D eigenvalue weighted by Gasteiger charge is -2.12. The maximum atomic E-state index is 5.05. The van der Waals surface area contributed by atoms with Crippen LogP contribution >= 0.6 is 0 Å². The summed E-state index contributed by atoms with van der Waals surface area (Å²) in [6, 6.07) is 17.3. The van der Waals surface area contributed by atoms with Crippen LogP contribution in [0.4, 0.5) is 0 Å². The summed E-state index contributed by atoms with van der Waals surface area (Å²) in [6.45, 7) is 0. The van der Waals surface area contributed by atoms with Crippen molar-refractivity contribution in [3.8, 4) is 11.1 Å². The standard InChI is InChI=1S/C24H14N4/c1-2-4-16-14(3-1)11-15-5-6-17-18-12-25-10-8-20(18)28-21-13-26-9-7-19(21)27-24(28)23(17)22(15)16/h1-10,12-13H,11H2. The predicted molar refractivity (Wildman–Crippen MR) is 112 cm³/mol. The fraction of sp³-hybridized carbons (Fsp3) is 0.0417. The third-order valence-corrected chi connectivity index (χ3v) is 5.97. The number of aromatic nitrogens is 4. The Hall–Kier alpha value is -3.79. The molecule has 4 heteroatoms. The van der Waals surface area contributed by atoms with Crippen LogP contribution in [0, 0.1) is 0 Å². The van der Waals surface area contributed by atoms with Gasteiger partial charge < -0.3 is 0 Å². The van der Waals surface area contributed by atoms with Gasteiger partial charge in [0.2, 0.25) is 0 Å². The zero-order valence-electron chi connectivity index (χ0n) is 14.9. The smallest absolute Gasteiger partial charge is 0.147 e. The van der Waals surface area contributed by atoms with E-state index in [4.69, 9.17) is 4.98 Å². The summed E-state index contributed by atoms with van der Waals surface area (Å²) in [4.78, 5) is 13.8. The molecule has 0 radical (unpaired) electrons. The summed E-state index contributed by atoms with van der Waals surface area (Å²) < 4.78 is 2.24. The molecule has 1 aliphatic rings. The van der Waals surface area contributed by atoms with Crippen LogP contribution in [0.5, 0.6) is 0 Å². The second-order valence-electron chi connectivity index (χ2n) is 7.38. The number of imidazole rings is 1. The van der Waals surface area contributed by atoms with Crippen LogP contribution in [0.2, 0.25) is 0 Å². The molecule has 130 valence electrons. The molecule has 4 heterocycles. The van der Waals surface area contributed by atoms with Crippen LogP contribution in [0.3, 0.4) is 0 Å². The maximum absolute atomic E-state index is 5.05. The Bertz CT molecular complexity index is 1590. The van der Waals surface area contributed by atoms with Crippen molar-refractivity contribution < 1.29 is 0 Å². The Balaban J connectivity index is 1.84. The molecule has 0 fully saturated rings. The van der Waals surface area contributed by atoms with E-state index in [0.29, 0.717) is 0 Å². The lowest BCUT2D eigenvalue weighted by molar-refractivity contribution is 1.26. The van der Waals surface area contributed by atoms with E-state index >= 15 is 0 Å². The van der Waals surface area contributed by atoms with Gasteiger partial charge in [0, 0.05) is 29.4 Å². The van der Waals surface area contributed by atoms with Gasteiger partial charge in [0.15, 0.2) is 0 Å². The number of hydrogen-bond acceptors (Lipinski definition) is 3. The highest BCUT2D eigenvalue weighted by Crippen LogP contribution is 2.44. The first kappa shape index (κ1) is 14.3. The Morgan fingerprint density at radius 2 is 1.64 bits per heavy atom. The minimum absolute atomic E-state index is 0.962. The molecule has 0 amide bonds. The zero-order chi connectivity index (χ0) is 18.2. The number of fused-ring (bicyclic) bond motifs is 12. The van der Waals surface area contributed by atoms with Gasteiger partial charge in [-0.2, -0.15) is 0 Å². The molecule has 0 saturated heterocycles. The van der Waals surface area contributed by atoms with E-state index in [1.165, 1.54) is 33.0 Å². The highest BCUT2D eigenvalue weighted by molar-refractivity contribution is 6.19. The Kier molecular flexibility index (Phi) is 2.51. The highest BCUT2D eigenvalue weighted by Gasteiger charge is 2.24. The fourth-order valence-electron chi connectivity index (χ4n) is 4.81. The van der Waals surface area contributed by atoms with Gasteiger partial charge in [-0.1, -0.05) is 36.4 Å². The molecular weight excluding hydrogens is 344 g/mol. The SMILES string of the molecule is c1ccc2c(c1)Cc1ccc3c4cnccc4n4c5cnccc5nc4c3c1-2. The van der Waals surface area contributed by atoms with Crippen LogP contribution in [0.25, 0.3) is 49.5 Å². The van der Waals surface area contributed by atoms with E-state index in [0.717, 1.165) is 34.0 Å². The van der Waals surface area contributed by atoms with Gasteiger partial charge in [-0.15, -0.1) is 0 Å². The van der Waals surface area contributed by atoms with Crippen LogP contribution in [0.1, 0.15) is 11.1 Å². The zero-order valence-corrected chi connectivity index (χ0v) is 14.9. The molecule has 1 aliphatic carbocycles. The first-order valence-corrected chi connectivity index (χ1v) is 9.42. The van der Waals surface area contributed by atoms with Gasteiger partial charge >= 0.3 is 0 Å². The summed E-state index contributed by atoms with van der Waals surface area (Å²) in [5, 5.41) is 3.55. The molecular formula is C24H14N4. The van der Waals surface area contributed by atoms with Crippen LogP contribution in [-0.4, -0.2) is 19.4 Å². The molecule has 28 heavy (non-hydrogen) atoms. The number of nitrogens with zero attached hydrogens (tertiary/aromatic N) is 4. The van der Waals surface area contributed by atoms with E-state index in [9.17, 15) is 0 Å². The monoisotopic (exact) mass is 358 g/mol. The third kappa shape index (κ3) is 1.63. The van der Waals surface area contributed by atoms with Crippen LogP contribution in [0.15, 0.2) is 73.3 Å². The first-order chi connectivity index (χ1) is 13.9. The summed E-state index contributed by atoms with van der Waals surface area (Å²) in [6.07, 6.45) is 8.49. The van der Waals surface area contributed by atoms with Gasteiger partial charge in [-0.3, -0.25) is 14.4 Å². The van der Waals surface area contributed by atoms with Crippen LogP contribution in [-0.2, 0) is 6.42 Å². The van der Waals surface area contributed by atoms with Crippen molar-refractivity contribution in [2.45, 2.75) is 6.42 Å². The van der Waals surface area contributed by atoms with Crippen molar-refractivity contribution in [1.82, 2.24) is 19.4 Å². The number of rotatable bonds is 0. The Labute approximate surface area is 160 Å². The van der Waals surface area contributed by atoms with E-state index in [2.05, 4.69) is 56.8 Å². The van der Waals surface area contributed by atoms with Crippen molar-refractivity contribution in [2.24, 2.45) is 0 Å². The van der Waals surface area contributed by atoms with E-state index in [1.807, 2.05) is 24.7 Å². The van der Waals surface area contributed by atoms with Gasteiger partial charge in [-0.05, 0) is 46.2 Å². The lowest BCUT2D eigenvalue weighted by Crippen LogP contribution is -1.94. The minimum Gasteiger partial charge on any atom is -0.290 e. The molecule has 0 aliphatic heterocycles. The van der Waals surface area contributed by atoms with Crippen LogP contribution < -0.4 is 0 Å². The Morgan fingerprint density at radius 1 is 0.750 bits per heavy atom. The average Bonchev–Trinajstić information content (AvgIpc) is 3.32. The average molecular weight is 358 g/mol. The molecule has 0 bridgehead atoms. The number of hydrogen-bond donors (Lipinski definition) is 0.